The minimum Gasteiger partial charge on any atom is -0.504 e. The van der Waals surface area contributed by atoms with Crippen molar-refractivity contribution < 1.29 is 10.2 Å². The van der Waals surface area contributed by atoms with E-state index in [4.69, 9.17) is 5.73 Å². The lowest BCUT2D eigenvalue weighted by Crippen LogP contribution is -2.02. The van der Waals surface area contributed by atoms with E-state index in [0.29, 0.717) is 6.54 Å². The summed E-state index contributed by atoms with van der Waals surface area (Å²) in [5.74, 6) is -0.0564. The molecule has 0 radical (unpaired) electrons. The van der Waals surface area contributed by atoms with E-state index in [9.17, 15) is 10.2 Å². The average Bonchev–Trinajstić information content (AvgIpc) is 2.18. The topological polar surface area (TPSA) is 66.5 Å². The van der Waals surface area contributed by atoms with Crippen LogP contribution in [-0.2, 0) is 6.42 Å². The summed E-state index contributed by atoms with van der Waals surface area (Å²) in [5.41, 5.74) is 8.26. The zero-order valence-electron chi connectivity index (χ0n) is 8.67. The van der Waals surface area contributed by atoms with E-state index in [1.165, 1.54) is 0 Å². The molecule has 0 saturated heterocycles. The molecular formula is C11H17NO2. The lowest BCUT2D eigenvalue weighted by molar-refractivity contribution is 0.400. The zero-order valence-corrected chi connectivity index (χ0v) is 8.67. The van der Waals surface area contributed by atoms with E-state index in [1.807, 2.05) is 6.92 Å². The Morgan fingerprint density at radius 2 is 1.86 bits per heavy atom. The molecule has 0 fully saturated rings. The molecule has 0 saturated carbocycles. The molecular weight excluding hydrogens is 178 g/mol. The second-order valence-electron chi connectivity index (χ2n) is 3.55. The summed E-state index contributed by atoms with van der Waals surface area (Å²) >= 11 is 0. The van der Waals surface area contributed by atoms with Crippen LogP contribution in [0.4, 0.5) is 0 Å². The zero-order chi connectivity index (χ0) is 10.7. The molecule has 0 aliphatic rings. The molecule has 14 heavy (non-hydrogen) atoms. The van der Waals surface area contributed by atoms with Crippen LogP contribution in [0.2, 0.25) is 0 Å². The molecule has 0 amide bonds. The number of nitrogens with two attached hydrogens (primary N) is 1. The minimum atomic E-state index is -0.0416. The Labute approximate surface area is 84.2 Å². The Bertz CT molecular complexity index is 335. The normalized spacial score (nSPS) is 10.5. The molecule has 0 spiro atoms. The van der Waals surface area contributed by atoms with Gasteiger partial charge in [-0.25, -0.2) is 0 Å². The second kappa shape index (κ2) is 4.33. The van der Waals surface area contributed by atoms with Crippen LogP contribution in [0.3, 0.4) is 0 Å². The van der Waals surface area contributed by atoms with Crippen molar-refractivity contribution in [1.29, 1.82) is 0 Å². The van der Waals surface area contributed by atoms with E-state index in [-0.39, 0.29) is 11.5 Å². The van der Waals surface area contributed by atoms with Crippen molar-refractivity contribution in [3.8, 4) is 11.5 Å². The van der Waals surface area contributed by atoms with Gasteiger partial charge in [-0.15, -0.1) is 0 Å². The van der Waals surface area contributed by atoms with Gasteiger partial charge < -0.3 is 15.9 Å². The highest BCUT2D eigenvalue weighted by Crippen LogP contribution is 2.33. The molecule has 3 nitrogen and oxygen atoms in total. The fourth-order valence-corrected chi connectivity index (χ4v) is 1.50. The van der Waals surface area contributed by atoms with Gasteiger partial charge in [-0.1, -0.05) is 0 Å². The highest BCUT2D eigenvalue weighted by atomic mass is 16.3. The van der Waals surface area contributed by atoms with Gasteiger partial charge >= 0.3 is 0 Å². The highest BCUT2D eigenvalue weighted by molar-refractivity contribution is 5.51. The van der Waals surface area contributed by atoms with Gasteiger partial charge in [0.25, 0.3) is 0 Å². The maximum atomic E-state index is 9.46. The van der Waals surface area contributed by atoms with Crippen molar-refractivity contribution in [2.75, 3.05) is 6.54 Å². The molecule has 78 valence electrons. The number of phenols is 2. The lowest BCUT2D eigenvalue weighted by atomic mass is 9.98. The van der Waals surface area contributed by atoms with E-state index >= 15 is 0 Å². The molecule has 3 heteroatoms. The predicted octanol–water partition coefficient (Wildman–Crippen LogP) is 1.61. The molecule has 0 atom stereocenters. The summed E-state index contributed by atoms with van der Waals surface area (Å²) < 4.78 is 0. The second-order valence-corrected chi connectivity index (χ2v) is 3.55. The first-order valence-corrected chi connectivity index (χ1v) is 4.79. The SMILES string of the molecule is Cc1c(CCCN)cc(O)c(O)c1C. The van der Waals surface area contributed by atoms with Crippen LogP contribution >= 0.6 is 0 Å². The third kappa shape index (κ3) is 1.99. The van der Waals surface area contributed by atoms with Crippen LogP contribution in [0.5, 0.6) is 11.5 Å². The number of phenolic OH excluding ortho intramolecular Hbond substituents is 2. The molecule has 0 bridgehead atoms. The summed E-state index contributed by atoms with van der Waals surface area (Å²) in [6.07, 6.45) is 1.74. The molecule has 0 aliphatic heterocycles. The predicted molar refractivity (Wildman–Crippen MR) is 56.6 cm³/mol. The van der Waals surface area contributed by atoms with Gasteiger partial charge in [0, 0.05) is 0 Å². The van der Waals surface area contributed by atoms with Crippen LogP contribution in [-0.4, -0.2) is 16.8 Å². The fourth-order valence-electron chi connectivity index (χ4n) is 1.50. The summed E-state index contributed by atoms with van der Waals surface area (Å²) in [7, 11) is 0. The molecule has 0 unspecified atom stereocenters. The molecule has 1 aromatic rings. The third-order valence-electron chi connectivity index (χ3n) is 2.60. The number of hydrogen-bond donors (Lipinski definition) is 3. The van der Waals surface area contributed by atoms with Gasteiger partial charge in [0.2, 0.25) is 0 Å². The fraction of sp³-hybridized carbons (Fsp3) is 0.455. The minimum absolute atomic E-state index is 0.0148. The number of aryl methyl sites for hydroxylation is 1. The van der Waals surface area contributed by atoms with Crippen molar-refractivity contribution in [2.24, 2.45) is 5.73 Å². The lowest BCUT2D eigenvalue weighted by Gasteiger charge is -2.11. The summed E-state index contributed by atoms with van der Waals surface area (Å²) in [6.45, 7) is 4.39. The van der Waals surface area contributed by atoms with Crippen molar-refractivity contribution in [2.45, 2.75) is 26.7 Å². The smallest absolute Gasteiger partial charge is 0.160 e. The maximum absolute atomic E-state index is 9.46. The Balaban J connectivity index is 3.06. The van der Waals surface area contributed by atoms with Crippen molar-refractivity contribution in [3.63, 3.8) is 0 Å². The average molecular weight is 195 g/mol. The van der Waals surface area contributed by atoms with Gasteiger partial charge in [0.15, 0.2) is 11.5 Å². The van der Waals surface area contributed by atoms with Gasteiger partial charge in [0.05, 0.1) is 0 Å². The van der Waals surface area contributed by atoms with Crippen LogP contribution in [0, 0.1) is 13.8 Å². The summed E-state index contributed by atoms with van der Waals surface area (Å²) in [4.78, 5) is 0. The largest absolute Gasteiger partial charge is 0.504 e. The molecule has 0 aliphatic carbocycles. The van der Waals surface area contributed by atoms with Crippen molar-refractivity contribution in [1.82, 2.24) is 0 Å². The number of rotatable bonds is 3. The first-order valence-electron chi connectivity index (χ1n) is 4.79. The van der Waals surface area contributed by atoms with Crippen LogP contribution in [0.15, 0.2) is 6.07 Å². The summed E-state index contributed by atoms with van der Waals surface area (Å²) in [6, 6.07) is 1.62. The third-order valence-corrected chi connectivity index (χ3v) is 2.60. The first-order chi connectivity index (χ1) is 6.57. The quantitative estimate of drug-likeness (QED) is 0.642. The molecule has 1 aromatic carbocycles. The summed E-state index contributed by atoms with van der Waals surface area (Å²) in [5, 5.41) is 18.9. The first kappa shape index (κ1) is 10.9. The monoisotopic (exact) mass is 195 g/mol. The van der Waals surface area contributed by atoms with Crippen LogP contribution in [0.25, 0.3) is 0 Å². The Morgan fingerprint density at radius 3 is 2.43 bits per heavy atom. The maximum Gasteiger partial charge on any atom is 0.160 e. The van der Waals surface area contributed by atoms with Crippen molar-refractivity contribution >= 4 is 0 Å². The Kier molecular flexibility index (Phi) is 3.36. The molecule has 0 aromatic heterocycles. The van der Waals surface area contributed by atoms with Gasteiger partial charge in [-0.05, 0) is 56.0 Å². The standard InChI is InChI=1S/C11H17NO2/c1-7-8(2)11(14)10(13)6-9(7)4-3-5-12/h6,13-14H,3-5,12H2,1-2H3. The molecule has 0 heterocycles. The van der Waals surface area contributed by atoms with E-state index in [0.717, 1.165) is 29.5 Å². The van der Waals surface area contributed by atoms with E-state index in [1.54, 1.807) is 13.0 Å². The highest BCUT2D eigenvalue weighted by Gasteiger charge is 2.10. The number of hydrogen-bond acceptors (Lipinski definition) is 3. The number of aromatic hydroxyl groups is 2. The van der Waals surface area contributed by atoms with Gasteiger partial charge in [0.1, 0.15) is 0 Å². The molecule has 4 N–H and O–H groups in total. The Hall–Kier alpha value is -1.22. The van der Waals surface area contributed by atoms with Crippen molar-refractivity contribution in [3.05, 3.63) is 22.8 Å². The Morgan fingerprint density at radius 1 is 1.21 bits per heavy atom. The van der Waals surface area contributed by atoms with Gasteiger partial charge in [-0.3, -0.25) is 0 Å². The molecule has 1 rings (SSSR count). The van der Waals surface area contributed by atoms with Crippen LogP contribution < -0.4 is 5.73 Å². The van der Waals surface area contributed by atoms with E-state index < -0.39 is 0 Å². The van der Waals surface area contributed by atoms with Crippen LogP contribution in [0.1, 0.15) is 23.1 Å². The number of benzene rings is 1. The van der Waals surface area contributed by atoms with Gasteiger partial charge in [-0.2, -0.15) is 0 Å². The van der Waals surface area contributed by atoms with E-state index in [2.05, 4.69) is 0 Å².